The Morgan fingerprint density at radius 3 is 2.58 bits per heavy atom. The van der Waals surface area contributed by atoms with Gasteiger partial charge in [-0.25, -0.2) is 18.1 Å². The van der Waals surface area contributed by atoms with E-state index in [1.165, 1.54) is 24.3 Å². The molecule has 0 saturated carbocycles. The maximum absolute atomic E-state index is 13.3. The number of aromatic nitrogens is 2. The lowest BCUT2D eigenvalue weighted by molar-refractivity contribution is 0.102. The molecule has 9 heteroatoms. The molecule has 1 aromatic heterocycles. The van der Waals surface area contributed by atoms with E-state index < -0.39 is 34.4 Å². The summed E-state index contributed by atoms with van der Waals surface area (Å²) in [5.74, 6) is -2.14. The molecule has 6 nitrogen and oxygen atoms in total. The maximum Gasteiger partial charge on any atom is 0.333 e. The molecule has 0 spiro atoms. The minimum atomic E-state index is -0.940. The Kier molecular flexibility index (Phi) is 4.68. The number of nitrogens with one attached hydrogen (secondary N) is 2. The molecule has 0 fully saturated rings. The second-order valence-electron chi connectivity index (χ2n) is 5.21. The zero-order valence-corrected chi connectivity index (χ0v) is 13.7. The highest BCUT2D eigenvalue weighted by molar-refractivity contribution is 6.30. The van der Waals surface area contributed by atoms with E-state index in [9.17, 15) is 23.2 Å². The van der Waals surface area contributed by atoms with Crippen LogP contribution < -0.4 is 16.6 Å². The number of carbonyl (C=O) groups excluding carboxylic acids is 1. The highest BCUT2D eigenvalue weighted by Crippen LogP contribution is 2.17. The molecule has 0 aliphatic carbocycles. The molecule has 1 heterocycles. The number of amides is 1. The first-order valence-electron chi connectivity index (χ1n) is 7.24. The molecule has 0 unspecified atom stereocenters. The number of hydrogen-bond acceptors (Lipinski definition) is 3. The molecule has 3 aromatic rings. The van der Waals surface area contributed by atoms with E-state index in [1.807, 2.05) is 0 Å². The highest BCUT2D eigenvalue weighted by Gasteiger charge is 2.17. The summed E-state index contributed by atoms with van der Waals surface area (Å²) in [4.78, 5) is 39.1. The summed E-state index contributed by atoms with van der Waals surface area (Å²) in [5.41, 5.74) is -2.04. The first kappa shape index (κ1) is 17.6. The van der Waals surface area contributed by atoms with E-state index in [2.05, 4.69) is 10.3 Å². The Hall–Kier alpha value is -3.26. The van der Waals surface area contributed by atoms with Crippen molar-refractivity contribution in [2.45, 2.75) is 0 Å². The fourth-order valence-electron chi connectivity index (χ4n) is 2.26. The average Bonchev–Trinajstić information content (AvgIpc) is 2.58. The van der Waals surface area contributed by atoms with Gasteiger partial charge in [0.25, 0.3) is 11.5 Å². The molecular formula is C17H10ClF2N3O3. The van der Waals surface area contributed by atoms with Crippen LogP contribution in [0.5, 0.6) is 0 Å². The normalized spacial score (nSPS) is 10.6. The van der Waals surface area contributed by atoms with Gasteiger partial charge in [-0.05, 0) is 36.4 Å². The van der Waals surface area contributed by atoms with Crippen LogP contribution in [0.15, 0.2) is 58.3 Å². The van der Waals surface area contributed by atoms with Crippen LogP contribution in [-0.4, -0.2) is 15.5 Å². The Labute approximate surface area is 149 Å². The minimum Gasteiger partial charge on any atom is -0.322 e. The van der Waals surface area contributed by atoms with E-state index in [-0.39, 0.29) is 16.4 Å². The van der Waals surface area contributed by atoms with Gasteiger partial charge in [0.15, 0.2) is 0 Å². The second-order valence-corrected chi connectivity index (χ2v) is 5.62. The number of benzene rings is 2. The van der Waals surface area contributed by atoms with Gasteiger partial charge in [0, 0.05) is 11.9 Å². The van der Waals surface area contributed by atoms with Gasteiger partial charge < -0.3 is 10.3 Å². The zero-order valence-electron chi connectivity index (χ0n) is 12.9. The standard InChI is InChI=1S/C17H10ClF2N3O3/c18-13-7-11(4-5-14(13)20)23-16(25)12(8-21-17(23)26)15(24)22-10-3-1-2-9(19)6-10/h1-8H,(H,21,26)(H,22,24). The molecule has 0 bridgehead atoms. The highest BCUT2D eigenvalue weighted by atomic mass is 35.5. The third-order valence-electron chi connectivity index (χ3n) is 3.47. The summed E-state index contributed by atoms with van der Waals surface area (Å²) in [6.07, 6.45) is 0.945. The monoisotopic (exact) mass is 377 g/mol. The van der Waals surface area contributed by atoms with E-state index in [0.717, 1.165) is 24.4 Å². The molecule has 26 heavy (non-hydrogen) atoms. The van der Waals surface area contributed by atoms with Gasteiger partial charge in [0.2, 0.25) is 0 Å². The molecule has 0 aliphatic heterocycles. The van der Waals surface area contributed by atoms with Crippen molar-refractivity contribution in [2.24, 2.45) is 0 Å². The Balaban J connectivity index is 2.04. The van der Waals surface area contributed by atoms with Gasteiger partial charge in [0.05, 0.1) is 10.7 Å². The molecule has 2 aromatic carbocycles. The number of carbonyl (C=O) groups is 1. The van der Waals surface area contributed by atoms with Gasteiger partial charge in [-0.15, -0.1) is 0 Å². The van der Waals surface area contributed by atoms with E-state index in [0.29, 0.717) is 4.57 Å². The summed E-state index contributed by atoms with van der Waals surface area (Å²) < 4.78 is 27.1. The van der Waals surface area contributed by atoms with Crippen molar-refractivity contribution in [1.82, 2.24) is 9.55 Å². The Morgan fingerprint density at radius 1 is 1.12 bits per heavy atom. The van der Waals surface area contributed by atoms with Crippen molar-refractivity contribution < 1.29 is 13.6 Å². The minimum absolute atomic E-state index is 0.0111. The lowest BCUT2D eigenvalue weighted by atomic mass is 10.2. The van der Waals surface area contributed by atoms with Gasteiger partial charge >= 0.3 is 5.69 Å². The number of H-pyrrole nitrogens is 1. The lowest BCUT2D eigenvalue weighted by Gasteiger charge is -2.08. The Bertz CT molecular complexity index is 1120. The second kappa shape index (κ2) is 6.93. The largest absolute Gasteiger partial charge is 0.333 e. The smallest absolute Gasteiger partial charge is 0.322 e. The van der Waals surface area contributed by atoms with Gasteiger partial charge in [0.1, 0.15) is 17.2 Å². The van der Waals surface area contributed by atoms with Crippen LogP contribution >= 0.6 is 11.6 Å². The summed E-state index contributed by atoms with van der Waals surface area (Å²) in [7, 11) is 0. The van der Waals surface area contributed by atoms with Gasteiger partial charge in [-0.2, -0.15) is 0 Å². The quantitative estimate of drug-likeness (QED) is 0.736. The molecule has 3 rings (SSSR count). The first-order valence-corrected chi connectivity index (χ1v) is 7.61. The van der Waals surface area contributed by atoms with E-state index in [4.69, 9.17) is 11.6 Å². The first-order chi connectivity index (χ1) is 12.4. The average molecular weight is 378 g/mol. The van der Waals surface area contributed by atoms with E-state index in [1.54, 1.807) is 0 Å². The number of anilines is 1. The number of aromatic amines is 1. The van der Waals surface area contributed by atoms with Crippen molar-refractivity contribution in [3.63, 3.8) is 0 Å². The Morgan fingerprint density at radius 2 is 1.88 bits per heavy atom. The molecule has 2 N–H and O–H groups in total. The molecule has 0 aliphatic rings. The summed E-state index contributed by atoms with van der Waals surface area (Å²) in [5, 5.41) is 2.07. The molecule has 0 radical (unpaired) electrons. The summed E-state index contributed by atoms with van der Waals surface area (Å²) >= 11 is 5.68. The molecular weight excluding hydrogens is 368 g/mol. The van der Waals surface area contributed by atoms with Crippen LogP contribution in [0.2, 0.25) is 5.02 Å². The van der Waals surface area contributed by atoms with Crippen LogP contribution in [0.4, 0.5) is 14.5 Å². The van der Waals surface area contributed by atoms with Gasteiger partial charge in [-0.1, -0.05) is 17.7 Å². The van der Waals surface area contributed by atoms with E-state index >= 15 is 0 Å². The van der Waals surface area contributed by atoms with Crippen LogP contribution in [-0.2, 0) is 0 Å². The third-order valence-corrected chi connectivity index (χ3v) is 3.75. The number of rotatable bonds is 3. The van der Waals surface area contributed by atoms with Crippen LogP contribution in [0.25, 0.3) is 5.69 Å². The van der Waals surface area contributed by atoms with Crippen molar-refractivity contribution in [3.05, 3.63) is 91.7 Å². The van der Waals surface area contributed by atoms with Crippen molar-refractivity contribution >= 4 is 23.2 Å². The van der Waals surface area contributed by atoms with Crippen LogP contribution in [0, 0.1) is 11.6 Å². The maximum atomic E-state index is 13.3. The zero-order chi connectivity index (χ0) is 18.8. The number of halogens is 3. The summed E-state index contributed by atoms with van der Waals surface area (Å²) in [6.45, 7) is 0. The lowest BCUT2D eigenvalue weighted by Crippen LogP contribution is -2.38. The summed E-state index contributed by atoms with van der Waals surface area (Å²) in [6, 6.07) is 8.33. The fourth-order valence-corrected chi connectivity index (χ4v) is 2.43. The predicted octanol–water partition coefficient (Wildman–Crippen LogP) is 2.71. The molecule has 0 saturated heterocycles. The predicted molar refractivity (Wildman–Crippen MR) is 92.0 cm³/mol. The number of hydrogen-bond donors (Lipinski definition) is 2. The van der Waals surface area contributed by atoms with Crippen molar-refractivity contribution in [1.29, 1.82) is 0 Å². The topological polar surface area (TPSA) is 84.0 Å². The molecule has 132 valence electrons. The SMILES string of the molecule is O=C(Nc1cccc(F)c1)c1c[nH]c(=O)n(-c2ccc(F)c(Cl)c2)c1=O. The van der Waals surface area contributed by atoms with Crippen molar-refractivity contribution in [2.75, 3.05) is 5.32 Å². The van der Waals surface area contributed by atoms with Crippen LogP contribution in [0.1, 0.15) is 10.4 Å². The van der Waals surface area contributed by atoms with Gasteiger partial charge in [-0.3, -0.25) is 9.59 Å². The molecule has 0 atom stereocenters. The number of nitrogens with zero attached hydrogens (tertiary/aromatic N) is 1. The van der Waals surface area contributed by atoms with Crippen molar-refractivity contribution in [3.8, 4) is 5.69 Å². The fraction of sp³-hybridized carbons (Fsp3) is 0. The third kappa shape index (κ3) is 3.40. The van der Waals surface area contributed by atoms with Crippen LogP contribution in [0.3, 0.4) is 0 Å². The molecule has 1 amide bonds.